The normalized spacial score (nSPS) is 12.6. The molecule has 1 unspecified atom stereocenters. The second-order valence-electron chi connectivity index (χ2n) is 4.71. The highest BCUT2D eigenvalue weighted by molar-refractivity contribution is 7.09. The topological polar surface area (TPSA) is 37.8 Å². The van der Waals surface area contributed by atoms with Crippen LogP contribution >= 0.6 is 22.9 Å². The number of aryl methyl sites for hydroxylation is 1. The van der Waals surface area contributed by atoms with Gasteiger partial charge in [0.05, 0.1) is 11.6 Å². The van der Waals surface area contributed by atoms with E-state index in [1.54, 1.807) is 17.5 Å². The number of hydrogen-bond acceptors (Lipinski definition) is 4. The third kappa shape index (κ3) is 2.62. The van der Waals surface area contributed by atoms with Gasteiger partial charge < -0.3 is 5.32 Å². The predicted octanol–water partition coefficient (Wildman–Crippen LogP) is 4.83. The van der Waals surface area contributed by atoms with Crippen molar-refractivity contribution in [2.75, 3.05) is 5.32 Å². The first-order valence-electron chi connectivity index (χ1n) is 6.36. The fourth-order valence-electron chi connectivity index (χ4n) is 2.11. The van der Waals surface area contributed by atoms with Gasteiger partial charge in [0.1, 0.15) is 5.01 Å². The van der Waals surface area contributed by atoms with E-state index in [9.17, 15) is 0 Å². The van der Waals surface area contributed by atoms with Crippen molar-refractivity contribution in [3.05, 3.63) is 51.6 Å². The molecule has 0 radical (unpaired) electrons. The van der Waals surface area contributed by atoms with Crippen molar-refractivity contribution in [3.63, 3.8) is 0 Å². The molecular weight excluding hydrogens is 290 g/mol. The lowest BCUT2D eigenvalue weighted by molar-refractivity contribution is 0.865. The van der Waals surface area contributed by atoms with Gasteiger partial charge in [0.15, 0.2) is 0 Å². The molecular formula is C15H14ClN3S. The minimum atomic E-state index is 0.151. The van der Waals surface area contributed by atoms with E-state index in [0.717, 1.165) is 27.3 Å². The molecule has 1 atom stereocenters. The Hall–Kier alpha value is -1.65. The van der Waals surface area contributed by atoms with Gasteiger partial charge >= 0.3 is 0 Å². The smallest absolute Gasteiger partial charge is 0.115 e. The van der Waals surface area contributed by atoms with Gasteiger partial charge in [0.25, 0.3) is 0 Å². The molecule has 2 aromatic heterocycles. The van der Waals surface area contributed by atoms with Gasteiger partial charge in [0.2, 0.25) is 0 Å². The lowest BCUT2D eigenvalue weighted by atomic mass is 10.1. The zero-order valence-corrected chi connectivity index (χ0v) is 12.8. The van der Waals surface area contributed by atoms with Crippen LogP contribution in [-0.4, -0.2) is 9.97 Å². The summed E-state index contributed by atoms with van der Waals surface area (Å²) in [7, 11) is 0. The highest BCUT2D eigenvalue weighted by Gasteiger charge is 2.11. The average molecular weight is 304 g/mol. The number of aromatic nitrogens is 2. The summed E-state index contributed by atoms with van der Waals surface area (Å²) in [5, 5.41) is 8.38. The van der Waals surface area contributed by atoms with Gasteiger partial charge in [-0.1, -0.05) is 11.6 Å². The van der Waals surface area contributed by atoms with Crippen molar-refractivity contribution in [1.82, 2.24) is 9.97 Å². The van der Waals surface area contributed by atoms with Crippen molar-refractivity contribution in [2.24, 2.45) is 0 Å². The lowest BCUT2D eigenvalue weighted by Crippen LogP contribution is -2.06. The first kappa shape index (κ1) is 13.3. The van der Waals surface area contributed by atoms with Crippen LogP contribution in [0.15, 0.2) is 35.8 Å². The number of nitrogens with one attached hydrogen (secondary N) is 1. The predicted molar refractivity (Wildman–Crippen MR) is 85.6 cm³/mol. The number of hydrogen-bond donors (Lipinski definition) is 1. The van der Waals surface area contributed by atoms with E-state index in [2.05, 4.69) is 27.6 Å². The summed E-state index contributed by atoms with van der Waals surface area (Å²) in [6.45, 7) is 4.11. The van der Waals surface area contributed by atoms with Gasteiger partial charge in [-0.3, -0.25) is 4.98 Å². The summed E-state index contributed by atoms with van der Waals surface area (Å²) in [5.41, 5.74) is 3.01. The highest BCUT2D eigenvalue weighted by Crippen LogP contribution is 2.28. The molecule has 0 amide bonds. The molecule has 0 spiro atoms. The second kappa shape index (κ2) is 5.38. The number of thiazole rings is 1. The fourth-order valence-corrected chi connectivity index (χ4v) is 3.09. The lowest BCUT2D eigenvalue weighted by Gasteiger charge is -2.14. The fraction of sp³-hybridized carbons (Fsp3) is 0.200. The van der Waals surface area contributed by atoms with Crippen molar-refractivity contribution in [2.45, 2.75) is 19.9 Å². The summed E-state index contributed by atoms with van der Waals surface area (Å²) in [4.78, 5) is 8.87. The maximum absolute atomic E-state index is 6.08. The Bertz CT molecular complexity index is 754. The van der Waals surface area contributed by atoms with E-state index in [1.807, 2.05) is 31.2 Å². The van der Waals surface area contributed by atoms with Crippen LogP contribution in [-0.2, 0) is 0 Å². The summed E-state index contributed by atoms with van der Waals surface area (Å²) in [5.74, 6) is 0. The molecule has 0 aliphatic carbocycles. The molecule has 0 aliphatic rings. The summed E-state index contributed by atoms with van der Waals surface area (Å²) in [6, 6.07) is 7.84. The molecule has 20 heavy (non-hydrogen) atoms. The Labute approximate surface area is 126 Å². The zero-order valence-electron chi connectivity index (χ0n) is 11.2. The molecule has 3 rings (SSSR count). The molecule has 1 N–H and O–H groups in total. The molecule has 3 nitrogen and oxygen atoms in total. The largest absolute Gasteiger partial charge is 0.375 e. The van der Waals surface area contributed by atoms with Crippen LogP contribution < -0.4 is 5.32 Å². The van der Waals surface area contributed by atoms with Crippen molar-refractivity contribution >= 4 is 39.5 Å². The highest BCUT2D eigenvalue weighted by atomic mass is 35.5. The van der Waals surface area contributed by atoms with Gasteiger partial charge in [0, 0.05) is 33.4 Å². The van der Waals surface area contributed by atoms with E-state index in [-0.39, 0.29) is 6.04 Å². The number of benzene rings is 1. The standard InChI is InChI=1S/C15H14ClN3S/c1-9-8-20-15(18-9)10(2)19-14-5-6-17-13-4-3-11(16)7-12(13)14/h3-8,10H,1-2H3,(H,17,19). The molecule has 0 saturated carbocycles. The third-order valence-electron chi connectivity index (χ3n) is 3.08. The monoisotopic (exact) mass is 303 g/mol. The number of halogens is 1. The van der Waals surface area contributed by atoms with Gasteiger partial charge in [-0.15, -0.1) is 11.3 Å². The van der Waals surface area contributed by atoms with Crippen LogP contribution in [0.1, 0.15) is 23.7 Å². The number of rotatable bonds is 3. The van der Waals surface area contributed by atoms with Crippen molar-refractivity contribution in [3.8, 4) is 0 Å². The Morgan fingerprint density at radius 3 is 2.90 bits per heavy atom. The van der Waals surface area contributed by atoms with Crippen LogP contribution in [0.5, 0.6) is 0 Å². The number of fused-ring (bicyclic) bond motifs is 1. The van der Waals surface area contributed by atoms with E-state index >= 15 is 0 Å². The first-order valence-corrected chi connectivity index (χ1v) is 7.62. The Kier molecular flexibility index (Phi) is 3.59. The second-order valence-corrected chi connectivity index (χ2v) is 6.04. The summed E-state index contributed by atoms with van der Waals surface area (Å²) in [6.07, 6.45) is 1.80. The van der Waals surface area contributed by atoms with E-state index in [0.29, 0.717) is 5.02 Å². The van der Waals surface area contributed by atoms with E-state index < -0.39 is 0 Å². The molecule has 0 aliphatic heterocycles. The molecule has 102 valence electrons. The molecule has 0 saturated heterocycles. The summed E-state index contributed by atoms with van der Waals surface area (Å²) >= 11 is 7.75. The molecule has 2 heterocycles. The van der Waals surface area contributed by atoms with Crippen LogP contribution in [0.2, 0.25) is 5.02 Å². The van der Waals surface area contributed by atoms with E-state index in [4.69, 9.17) is 11.6 Å². The SMILES string of the molecule is Cc1csc(C(C)Nc2ccnc3ccc(Cl)cc23)n1. The summed E-state index contributed by atoms with van der Waals surface area (Å²) < 4.78 is 0. The first-order chi connectivity index (χ1) is 9.63. The molecule has 3 aromatic rings. The van der Waals surface area contributed by atoms with Gasteiger partial charge in [-0.2, -0.15) is 0 Å². The number of nitrogens with zero attached hydrogens (tertiary/aromatic N) is 2. The van der Waals surface area contributed by atoms with Gasteiger partial charge in [-0.25, -0.2) is 4.98 Å². The van der Waals surface area contributed by atoms with Crippen LogP contribution in [0, 0.1) is 6.92 Å². The Balaban J connectivity index is 1.96. The van der Waals surface area contributed by atoms with Crippen molar-refractivity contribution < 1.29 is 0 Å². The minimum absolute atomic E-state index is 0.151. The molecule has 0 fully saturated rings. The number of pyridine rings is 1. The minimum Gasteiger partial charge on any atom is -0.375 e. The molecule has 1 aromatic carbocycles. The van der Waals surface area contributed by atoms with Crippen LogP contribution in [0.3, 0.4) is 0 Å². The van der Waals surface area contributed by atoms with Gasteiger partial charge in [-0.05, 0) is 38.1 Å². The Morgan fingerprint density at radius 1 is 1.30 bits per heavy atom. The Morgan fingerprint density at radius 2 is 2.15 bits per heavy atom. The molecule has 5 heteroatoms. The van der Waals surface area contributed by atoms with Crippen molar-refractivity contribution in [1.29, 1.82) is 0 Å². The zero-order chi connectivity index (χ0) is 14.1. The number of anilines is 1. The van der Waals surface area contributed by atoms with E-state index in [1.165, 1.54) is 0 Å². The van der Waals surface area contributed by atoms with Crippen LogP contribution in [0.4, 0.5) is 5.69 Å². The molecule has 0 bridgehead atoms. The quantitative estimate of drug-likeness (QED) is 0.753. The van der Waals surface area contributed by atoms with Crippen LogP contribution in [0.25, 0.3) is 10.9 Å². The maximum Gasteiger partial charge on any atom is 0.115 e. The third-order valence-corrected chi connectivity index (χ3v) is 4.46. The maximum atomic E-state index is 6.08. The average Bonchev–Trinajstić information content (AvgIpc) is 2.86.